The molecular weight excluding hydrogens is 1060 g/mol. The average Bonchev–Trinajstić information content (AvgIpc) is 3.41. The van der Waals surface area contributed by atoms with Gasteiger partial charge >= 0.3 is 35.1 Å². The minimum atomic E-state index is -2.69. The molecule has 8 aromatic rings. The molecule has 1 unspecified atom stereocenters. The first-order valence-corrected chi connectivity index (χ1v) is 21.6. The van der Waals surface area contributed by atoms with E-state index in [9.17, 15) is 110 Å². The lowest BCUT2D eigenvalue weighted by atomic mass is 9.92. The SMILES string of the molecule is O=C(O[C@H]1[C@@H](OC(=O)c2cc(O)c(O)c(O)c2Oc2cc3c(=O)oc4c(O)c(O)cc5c(=O)oc(c2O)c3c45)[C@H](O)OC2COC(=O)c3cc(O)c(O)c(O)c3-c3c(cc(O)c(O)c3O)C(=O)O[C@@H]21)c1cc(O)c(O)c(O)c1. The Bertz CT molecular complexity index is 4070. The van der Waals surface area contributed by atoms with E-state index in [1.54, 1.807) is 0 Å². The van der Waals surface area contributed by atoms with Crippen LogP contribution in [0.25, 0.3) is 43.8 Å². The Labute approximate surface area is 425 Å². The van der Waals surface area contributed by atoms with E-state index >= 15 is 0 Å². The fourth-order valence-electron chi connectivity index (χ4n) is 8.71. The van der Waals surface area contributed by atoms with E-state index in [1.807, 2.05) is 0 Å². The fourth-order valence-corrected chi connectivity index (χ4v) is 8.71. The number of cyclic esters (lactones) is 1. The summed E-state index contributed by atoms with van der Waals surface area (Å²) in [7, 11) is 0. The van der Waals surface area contributed by atoms with E-state index in [-0.39, 0.29) is 5.39 Å². The van der Waals surface area contributed by atoms with Crippen LogP contribution in [0.3, 0.4) is 0 Å². The van der Waals surface area contributed by atoms with Crippen molar-refractivity contribution in [3.63, 3.8) is 0 Å². The van der Waals surface area contributed by atoms with Gasteiger partial charge in [0.25, 0.3) is 0 Å². The van der Waals surface area contributed by atoms with Crippen LogP contribution in [0.2, 0.25) is 0 Å². The fraction of sp³-hybridized carbons (Fsp3) is 0.125. The third kappa shape index (κ3) is 7.66. The van der Waals surface area contributed by atoms with Crippen LogP contribution in [-0.4, -0.2) is 143 Å². The predicted molar refractivity (Wildman–Crippen MR) is 246 cm³/mol. The van der Waals surface area contributed by atoms with Crippen LogP contribution in [0.4, 0.5) is 0 Å². The van der Waals surface area contributed by atoms with Gasteiger partial charge in [0, 0.05) is 34.0 Å². The van der Waals surface area contributed by atoms with Gasteiger partial charge in [0.15, 0.2) is 99.0 Å². The number of ether oxygens (including phenoxy) is 6. The number of carbonyl (C=O) groups excluding carboxylic acids is 4. The Morgan fingerprint density at radius 1 is 0.500 bits per heavy atom. The highest BCUT2D eigenvalue weighted by atomic mass is 16.7. The first-order valence-electron chi connectivity index (χ1n) is 21.6. The van der Waals surface area contributed by atoms with Gasteiger partial charge in [-0.1, -0.05) is 0 Å². The second-order valence-corrected chi connectivity index (χ2v) is 17.0. The zero-order valence-electron chi connectivity index (χ0n) is 38.0. The molecule has 1 fully saturated rings. The third-order valence-corrected chi connectivity index (χ3v) is 12.4. The second kappa shape index (κ2) is 17.8. The summed E-state index contributed by atoms with van der Waals surface area (Å²) in [5.41, 5.74) is -10.6. The summed E-state index contributed by atoms with van der Waals surface area (Å²) in [5, 5.41) is 169. The number of aliphatic hydroxyl groups excluding tert-OH is 1. The first-order chi connectivity index (χ1) is 36.8. The normalized spacial score (nSPS) is 18.3. The van der Waals surface area contributed by atoms with Crippen molar-refractivity contribution in [1.82, 2.24) is 0 Å². The van der Waals surface area contributed by atoms with E-state index in [0.29, 0.717) is 36.4 Å². The van der Waals surface area contributed by atoms with Gasteiger partial charge in [0.1, 0.15) is 18.3 Å². The number of hydrogen-bond donors (Lipinski definition) is 16. The number of fused-ring (bicyclic) bond motifs is 4. The van der Waals surface area contributed by atoms with Gasteiger partial charge in [-0.05, 0) is 30.3 Å². The molecular formula is C48H30O30. The van der Waals surface area contributed by atoms with Gasteiger partial charge < -0.3 is 119 Å². The smallest absolute Gasteiger partial charge is 0.344 e. The number of rotatable bonds is 6. The minimum Gasteiger partial charge on any atom is -0.504 e. The van der Waals surface area contributed by atoms with Gasteiger partial charge in [0.2, 0.25) is 34.5 Å². The van der Waals surface area contributed by atoms with Gasteiger partial charge in [-0.25, -0.2) is 28.8 Å². The summed E-state index contributed by atoms with van der Waals surface area (Å²) in [6, 6.07) is 3.67. The van der Waals surface area contributed by atoms with Crippen LogP contribution >= 0.6 is 0 Å². The van der Waals surface area contributed by atoms with Crippen LogP contribution in [0.5, 0.6) is 97.7 Å². The number of esters is 4. The Morgan fingerprint density at radius 2 is 0.987 bits per heavy atom. The quantitative estimate of drug-likeness (QED) is 0.0374. The monoisotopic (exact) mass is 1090 g/mol. The topological polar surface area (TPSA) is 508 Å². The summed E-state index contributed by atoms with van der Waals surface area (Å²) < 4.78 is 43.6. The lowest BCUT2D eigenvalue weighted by Gasteiger charge is -2.42. The highest BCUT2D eigenvalue weighted by Gasteiger charge is 2.54. The summed E-state index contributed by atoms with van der Waals surface area (Å²) in [6.45, 7) is -1.24. The van der Waals surface area contributed by atoms with Gasteiger partial charge in [0.05, 0.1) is 27.5 Å². The Balaban J connectivity index is 1.10. The van der Waals surface area contributed by atoms with Crippen molar-refractivity contribution in [1.29, 1.82) is 0 Å². The maximum atomic E-state index is 14.5. The molecule has 2 aliphatic heterocycles. The molecule has 0 amide bonds. The molecule has 6 aromatic carbocycles. The predicted octanol–water partition coefficient (Wildman–Crippen LogP) is 2.40. The molecule has 30 nitrogen and oxygen atoms in total. The average molecular weight is 1090 g/mol. The largest absolute Gasteiger partial charge is 0.504 e. The Morgan fingerprint density at radius 3 is 1.58 bits per heavy atom. The molecule has 0 radical (unpaired) electrons. The molecule has 0 spiro atoms. The molecule has 2 aliphatic rings. The summed E-state index contributed by atoms with van der Waals surface area (Å²) in [4.78, 5) is 83.2. The number of hydrogen-bond acceptors (Lipinski definition) is 30. The van der Waals surface area contributed by atoms with Gasteiger partial charge in [-0.15, -0.1) is 0 Å². The summed E-state index contributed by atoms with van der Waals surface area (Å²) in [6.07, 6.45) is -12.5. The molecule has 10 rings (SSSR count). The number of phenols is 15. The van der Waals surface area contributed by atoms with E-state index in [4.69, 9.17) is 37.3 Å². The van der Waals surface area contributed by atoms with Gasteiger partial charge in [-0.3, -0.25) is 0 Å². The van der Waals surface area contributed by atoms with Crippen molar-refractivity contribution in [2.75, 3.05) is 6.61 Å². The molecule has 0 aliphatic carbocycles. The Hall–Kier alpha value is -11.1. The maximum absolute atomic E-state index is 14.5. The van der Waals surface area contributed by atoms with Crippen LogP contribution in [-0.2, 0) is 23.7 Å². The number of benzene rings is 6. The summed E-state index contributed by atoms with van der Waals surface area (Å²) in [5.74, 6) is -28.5. The number of aromatic hydroxyl groups is 15. The molecule has 0 bridgehead atoms. The third-order valence-electron chi connectivity index (χ3n) is 12.4. The minimum absolute atomic E-state index is 0.334. The van der Waals surface area contributed by atoms with Crippen molar-refractivity contribution in [2.45, 2.75) is 30.7 Å². The van der Waals surface area contributed by atoms with Crippen LogP contribution < -0.4 is 16.0 Å². The van der Waals surface area contributed by atoms with Gasteiger partial charge in [-0.2, -0.15) is 0 Å². The van der Waals surface area contributed by atoms with Crippen molar-refractivity contribution >= 4 is 56.6 Å². The van der Waals surface area contributed by atoms with E-state index in [2.05, 4.69) is 0 Å². The zero-order chi connectivity index (χ0) is 56.4. The molecule has 2 aromatic heterocycles. The second-order valence-electron chi connectivity index (χ2n) is 17.0. The standard InChI is InChI=1S/C48H30O30/c49-15-1-9(2-16(50)27(15)55)42(64)77-40-37-22(8-71-43(65)10-3-17(51)28(56)33(61)23(10)24-11(44(66)74-37)4-18(52)29(57)34(24)62)73-48(70)41(40)78-47(69)14-6-19(53)30(58)35(63)36(14)72-21-7-13-26-25-12(45(67)76-39(26)32(21)60)5-20(54)31(59)38(25)75-46(13)68/h1-7,22,37,40-41,48-63,70H,8H2/t22?,37-,40+,41+,48+/m0/s1. The van der Waals surface area contributed by atoms with E-state index in [0.717, 1.165) is 6.07 Å². The van der Waals surface area contributed by atoms with Crippen LogP contribution in [0, 0.1) is 0 Å². The molecule has 30 heteroatoms. The molecule has 78 heavy (non-hydrogen) atoms. The zero-order valence-corrected chi connectivity index (χ0v) is 38.0. The first kappa shape index (κ1) is 50.4. The molecule has 16 N–H and O–H groups in total. The number of phenolic OH excluding ortho intramolecular Hbond substituents is 15. The highest BCUT2D eigenvalue weighted by Crippen LogP contribution is 2.54. The van der Waals surface area contributed by atoms with Crippen molar-refractivity contribution in [3.05, 3.63) is 85.6 Å². The summed E-state index contributed by atoms with van der Waals surface area (Å²) >= 11 is 0. The van der Waals surface area contributed by atoms with Crippen molar-refractivity contribution < 1.29 is 138 Å². The lowest BCUT2D eigenvalue weighted by molar-refractivity contribution is -0.284. The van der Waals surface area contributed by atoms with Crippen molar-refractivity contribution in [3.8, 4) is 109 Å². The lowest BCUT2D eigenvalue weighted by Crippen LogP contribution is -2.62. The molecule has 5 atom stereocenters. The van der Waals surface area contributed by atoms with E-state index < -0.39 is 231 Å². The molecule has 0 saturated carbocycles. The molecule has 1 saturated heterocycles. The Kier molecular flexibility index (Phi) is 11.5. The van der Waals surface area contributed by atoms with Crippen molar-refractivity contribution in [2.24, 2.45) is 0 Å². The van der Waals surface area contributed by atoms with Crippen LogP contribution in [0.1, 0.15) is 41.4 Å². The maximum Gasteiger partial charge on any atom is 0.344 e. The molecule has 402 valence electrons. The molecule has 4 heterocycles. The van der Waals surface area contributed by atoms with E-state index in [1.165, 1.54) is 0 Å². The number of carbonyl (C=O) groups is 4. The number of aliphatic hydroxyl groups is 1. The van der Waals surface area contributed by atoms with Crippen LogP contribution in [0.15, 0.2) is 60.9 Å². The highest BCUT2D eigenvalue weighted by molar-refractivity contribution is 6.22.